The minimum absolute atomic E-state index is 0.0278. The van der Waals surface area contributed by atoms with E-state index in [0.717, 1.165) is 12.8 Å². The van der Waals surface area contributed by atoms with Gasteiger partial charge in [0.2, 0.25) is 0 Å². The fraction of sp³-hybridized carbons (Fsp3) is 0.667. The summed E-state index contributed by atoms with van der Waals surface area (Å²) in [6.45, 7) is 0. The quantitative estimate of drug-likeness (QED) is 0.435. The predicted molar refractivity (Wildman–Crippen MR) is 32.4 cm³/mol. The van der Waals surface area contributed by atoms with Gasteiger partial charge in [-0.3, -0.25) is 0 Å². The zero-order valence-corrected chi connectivity index (χ0v) is 4.75. The minimum atomic E-state index is -0.399. The lowest BCUT2D eigenvalue weighted by atomic mass is 10.0. The van der Waals surface area contributed by atoms with Gasteiger partial charge in [0.15, 0.2) is 0 Å². The SMILES string of the molecule is N[C@@H]1CCC=C[C@@H]1O. The second kappa shape index (κ2) is 2.29. The predicted octanol–water partition coefficient (Wildman–Crippen LogP) is 0.0246. The summed E-state index contributed by atoms with van der Waals surface area (Å²) in [6, 6.07) is -0.0278. The molecule has 8 heavy (non-hydrogen) atoms. The molecule has 2 heteroatoms. The maximum atomic E-state index is 8.97. The largest absolute Gasteiger partial charge is 0.387 e. The van der Waals surface area contributed by atoms with Crippen LogP contribution in [0.1, 0.15) is 12.8 Å². The van der Waals surface area contributed by atoms with Crippen molar-refractivity contribution in [3.05, 3.63) is 12.2 Å². The maximum Gasteiger partial charge on any atom is 0.0871 e. The van der Waals surface area contributed by atoms with Crippen LogP contribution >= 0.6 is 0 Å². The first-order chi connectivity index (χ1) is 3.80. The smallest absolute Gasteiger partial charge is 0.0871 e. The highest BCUT2D eigenvalue weighted by Crippen LogP contribution is 2.08. The molecule has 0 aromatic rings. The Bertz CT molecular complexity index is 101. The lowest BCUT2D eigenvalue weighted by molar-refractivity contribution is 0.181. The Morgan fingerprint density at radius 3 is 2.75 bits per heavy atom. The number of hydrogen-bond acceptors (Lipinski definition) is 2. The second-order valence-corrected chi connectivity index (χ2v) is 2.16. The standard InChI is InChI=1S/C6H11NO/c7-5-3-1-2-4-6(5)8/h2,4-6,8H,1,3,7H2/t5-,6+/m1/s1. The summed E-state index contributed by atoms with van der Waals surface area (Å²) in [5, 5.41) is 8.97. The Kier molecular flexibility index (Phi) is 1.65. The van der Waals surface area contributed by atoms with Crippen molar-refractivity contribution in [3.63, 3.8) is 0 Å². The van der Waals surface area contributed by atoms with Crippen molar-refractivity contribution in [2.75, 3.05) is 0 Å². The van der Waals surface area contributed by atoms with Crippen LogP contribution in [0.25, 0.3) is 0 Å². The van der Waals surface area contributed by atoms with E-state index in [9.17, 15) is 0 Å². The van der Waals surface area contributed by atoms with Gasteiger partial charge in [0.1, 0.15) is 0 Å². The molecule has 0 aromatic heterocycles. The summed E-state index contributed by atoms with van der Waals surface area (Å²) in [5.74, 6) is 0. The van der Waals surface area contributed by atoms with Gasteiger partial charge in [-0.1, -0.05) is 12.2 Å². The highest BCUT2D eigenvalue weighted by molar-refractivity contribution is 4.99. The number of allylic oxidation sites excluding steroid dienone is 1. The monoisotopic (exact) mass is 113 g/mol. The summed E-state index contributed by atoms with van der Waals surface area (Å²) < 4.78 is 0. The topological polar surface area (TPSA) is 46.2 Å². The summed E-state index contributed by atoms with van der Waals surface area (Å²) in [5.41, 5.74) is 5.48. The molecule has 0 bridgehead atoms. The molecule has 0 unspecified atom stereocenters. The van der Waals surface area contributed by atoms with Crippen LogP contribution in [0.15, 0.2) is 12.2 Å². The van der Waals surface area contributed by atoms with Crippen molar-refractivity contribution >= 4 is 0 Å². The minimum Gasteiger partial charge on any atom is -0.387 e. The van der Waals surface area contributed by atoms with E-state index in [4.69, 9.17) is 10.8 Å². The van der Waals surface area contributed by atoms with E-state index in [1.54, 1.807) is 6.08 Å². The summed E-state index contributed by atoms with van der Waals surface area (Å²) in [4.78, 5) is 0. The Labute approximate surface area is 49.0 Å². The van der Waals surface area contributed by atoms with Crippen molar-refractivity contribution in [2.24, 2.45) is 5.73 Å². The molecule has 0 amide bonds. The molecule has 0 fully saturated rings. The molecule has 3 N–H and O–H groups in total. The van der Waals surface area contributed by atoms with Crippen molar-refractivity contribution in [1.82, 2.24) is 0 Å². The van der Waals surface area contributed by atoms with Crippen molar-refractivity contribution in [3.8, 4) is 0 Å². The van der Waals surface area contributed by atoms with Crippen LogP contribution in [0.5, 0.6) is 0 Å². The molecule has 1 rings (SSSR count). The summed E-state index contributed by atoms with van der Waals surface area (Å²) in [7, 11) is 0. The molecular formula is C6H11NO. The van der Waals surface area contributed by atoms with Gasteiger partial charge in [0.05, 0.1) is 6.10 Å². The van der Waals surface area contributed by atoms with E-state index in [0.29, 0.717) is 0 Å². The van der Waals surface area contributed by atoms with E-state index in [1.807, 2.05) is 6.08 Å². The van der Waals surface area contributed by atoms with Crippen LogP contribution in [0.4, 0.5) is 0 Å². The number of aliphatic hydroxyl groups is 1. The molecule has 0 aliphatic heterocycles. The Balaban J connectivity index is 2.47. The fourth-order valence-corrected chi connectivity index (χ4v) is 0.838. The lowest BCUT2D eigenvalue weighted by Crippen LogP contribution is -2.34. The van der Waals surface area contributed by atoms with Gasteiger partial charge in [0, 0.05) is 6.04 Å². The number of aliphatic hydroxyl groups excluding tert-OH is 1. The third-order valence-corrected chi connectivity index (χ3v) is 1.44. The Hall–Kier alpha value is -0.340. The molecule has 2 nitrogen and oxygen atoms in total. The van der Waals surface area contributed by atoms with Gasteiger partial charge in [-0.2, -0.15) is 0 Å². The van der Waals surface area contributed by atoms with Crippen molar-refractivity contribution < 1.29 is 5.11 Å². The van der Waals surface area contributed by atoms with Crippen LogP contribution < -0.4 is 5.73 Å². The molecule has 0 saturated heterocycles. The number of rotatable bonds is 0. The molecule has 1 aliphatic carbocycles. The maximum absolute atomic E-state index is 8.97. The molecule has 46 valence electrons. The van der Waals surface area contributed by atoms with Crippen LogP contribution in [0.2, 0.25) is 0 Å². The normalized spacial score (nSPS) is 37.8. The van der Waals surface area contributed by atoms with Crippen LogP contribution in [-0.2, 0) is 0 Å². The van der Waals surface area contributed by atoms with Crippen LogP contribution in [0.3, 0.4) is 0 Å². The van der Waals surface area contributed by atoms with Gasteiger partial charge in [0.25, 0.3) is 0 Å². The van der Waals surface area contributed by atoms with Crippen molar-refractivity contribution in [2.45, 2.75) is 25.0 Å². The number of nitrogens with two attached hydrogens (primary N) is 1. The molecule has 0 spiro atoms. The van der Waals surface area contributed by atoms with Gasteiger partial charge >= 0.3 is 0 Å². The first-order valence-electron chi connectivity index (χ1n) is 2.91. The van der Waals surface area contributed by atoms with E-state index in [2.05, 4.69) is 0 Å². The molecular weight excluding hydrogens is 102 g/mol. The zero-order chi connectivity index (χ0) is 5.98. The zero-order valence-electron chi connectivity index (χ0n) is 4.75. The highest BCUT2D eigenvalue weighted by Gasteiger charge is 2.12. The Morgan fingerprint density at radius 1 is 1.62 bits per heavy atom. The van der Waals surface area contributed by atoms with Crippen LogP contribution in [0, 0.1) is 0 Å². The summed E-state index contributed by atoms with van der Waals surface area (Å²) in [6.07, 6.45) is 5.25. The third-order valence-electron chi connectivity index (χ3n) is 1.44. The molecule has 0 radical (unpaired) electrons. The van der Waals surface area contributed by atoms with Gasteiger partial charge in [-0.15, -0.1) is 0 Å². The van der Waals surface area contributed by atoms with Crippen LogP contribution in [-0.4, -0.2) is 17.3 Å². The first-order valence-corrected chi connectivity index (χ1v) is 2.91. The molecule has 0 aromatic carbocycles. The first kappa shape index (κ1) is 5.79. The average molecular weight is 113 g/mol. The molecule has 0 saturated carbocycles. The average Bonchev–Trinajstić information content (AvgIpc) is 1.77. The molecule has 0 heterocycles. The number of hydrogen-bond donors (Lipinski definition) is 2. The van der Waals surface area contributed by atoms with Gasteiger partial charge in [-0.25, -0.2) is 0 Å². The van der Waals surface area contributed by atoms with Gasteiger partial charge in [-0.05, 0) is 12.8 Å². The molecule has 2 atom stereocenters. The van der Waals surface area contributed by atoms with Gasteiger partial charge < -0.3 is 10.8 Å². The van der Waals surface area contributed by atoms with Crippen molar-refractivity contribution in [1.29, 1.82) is 0 Å². The fourth-order valence-electron chi connectivity index (χ4n) is 0.838. The highest BCUT2D eigenvalue weighted by atomic mass is 16.3. The Morgan fingerprint density at radius 2 is 2.38 bits per heavy atom. The van der Waals surface area contributed by atoms with E-state index >= 15 is 0 Å². The van der Waals surface area contributed by atoms with E-state index in [1.165, 1.54) is 0 Å². The van der Waals surface area contributed by atoms with E-state index in [-0.39, 0.29) is 6.04 Å². The second-order valence-electron chi connectivity index (χ2n) is 2.16. The molecule has 1 aliphatic rings. The van der Waals surface area contributed by atoms with E-state index < -0.39 is 6.10 Å². The summed E-state index contributed by atoms with van der Waals surface area (Å²) >= 11 is 0. The third kappa shape index (κ3) is 1.08. The lowest BCUT2D eigenvalue weighted by Gasteiger charge is -2.17.